The van der Waals surface area contributed by atoms with Crippen molar-refractivity contribution in [1.29, 1.82) is 0 Å². The Morgan fingerprint density at radius 3 is 2.61 bits per heavy atom. The zero-order chi connectivity index (χ0) is 13.0. The van der Waals surface area contributed by atoms with Crippen molar-refractivity contribution in [3.63, 3.8) is 0 Å². The summed E-state index contributed by atoms with van der Waals surface area (Å²) in [5, 5.41) is 3.40. The van der Waals surface area contributed by atoms with Crippen LogP contribution >= 0.6 is 0 Å². The molecule has 1 aliphatic carbocycles. The maximum Gasteiger partial charge on any atom is 0.133 e. The second-order valence-corrected chi connectivity index (χ2v) is 5.60. The lowest BCUT2D eigenvalue weighted by Crippen LogP contribution is -2.09. The van der Waals surface area contributed by atoms with Gasteiger partial charge in [0.1, 0.15) is 11.6 Å². The highest BCUT2D eigenvalue weighted by Gasteiger charge is 2.20. The van der Waals surface area contributed by atoms with E-state index in [2.05, 4.69) is 37.1 Å². The van der Waals surface area contributed by atoms with Crippen molar-refractivity contribution in [3.05, 3.63) is 17.6 Å². The van der Waals surface area contributed by atoms with Gasteiger partial charge in [-0.2, -0.15) is 0 Å². The molecule has 0 atom stereocenters. The van der Waals surface area contributed by atoms with Gasteiger partial charge in [0.15, 0.2) is 0 Å². The lowest BCUT2D eigenvalue weighted by Gasteiger charge is -2.14. The highest BCUT2D eigenvalue weighted by atomic mass is 15.0. The lowest BCUT2D eigenvalue weighted by atomic mass is 10.0. The van der Waals surface area contributed by atoms with Crippen LogP contribution in [0.15, 0.2) is 6.07 Å². The first kappa shape index (κ1) is 13.3. The summed E-state index contributed by atoms with van der Waals surface area (Å²) in [5.41, 5.74) is 1.25. The molecule has 1 saturated carbocycles. The van der Waals surface area contributed by atoms with Crippen molar-refractivity contribution < 1.29 is 0 Å². The molecule has 18 heavy (non-hydrogen) atoms. The Kier molecular flexibility index (Phi) is 4.56. The van der Waals surface area contributed by atoms with Crippen LogP contribution in [0.2, 0.25) is 0 Å². The molecule has 0 spiro atoms. The summed E-state index contributed by atoms with van der Waals surface area (Å²) in [6.45, 7) is 7.49. The average Bonchev–Trinajstić information content (AvgIpc) is 2.89. The highest BCUT2D eigenvalue weighted by molar-refractivity contribution is 5.37. The summed E-state index contributed by atoms with van der Waals surface area (Å²) >= 11 is 0. The molecule has 3 nitrogen and oxygen atoms in total. The molecule has 0 unspecified atom stereocenters. The maximum atomic E-state index is 4.77. The smallest absolute Gasteiger partial charge is 0.133 e. The van der Waals surface area contributed by atoms with Gasteiger partial charge in [0.2, 0.25) is 0 Å². The van der Waals surface area contributed by atoms with E-state index in [9.17, 15) is 0 Å². The van der Waals surface area contributed by atoms with Gasteiger partial charge in [-0.15, -0.1) is 0 Å². The molecule has 1 aromatic rings. The highest BCUT2D eigenvalue weighted by Crippen LogP contribution is 2.34. The number of hydrogen-bond acceptors (Lipinski definition) is 3. The van der Waals surface area contributed by atoms with Crippen LogP contribution in [0, 0.1) is 0 Å². The van der Waals surface area contributed by atoms with E-state index >= 15 is 0 Å². The molecule has 2 rings (SSSR count). The van der Waals surface area contributed by atoms with Crippen molar-refractivity contribution in [2.24, 2.45) is 0 Å². The Bertz CT molecular complexity index is 381. The second-order valence-electron chi connectivity index (χ2n) is 5.60. The third kappa shape index (κ3) is 3.21. The summed E-state index contributed by atoms with van der Waals surface area (Å²) in [6, 6.07) is 2.16. The van der Waals surface area contributed by atoms with E-state index in [0.29, 0.717) is 11.8 Å². The summed E-state index contributed by atoms with van der Waals surface area (Å²) in [6.07, 6.45) is 6.41. The van der Waals surface area contributed by atoms with Crippen LogP contribution in [0.25, 0.3) is 0 Å². The number of anilines is 1. The van der Waals surface area contributed by atoms with Gasteiger partial charge in [-0.05, 0) is 19.3 Å². The van der Waals surface area contributed by atoms with Gasteiger partial charge >= 0.3 is 0 Å². The number of hydrogen-bond donors (Lipinski definition) is 1. The molecule has 0 bridgehead atoms. The molecule has 100 valence electrons. The van der Waals surface area contributed by atoms with Gasteiger partial charge in [-0.3, -0.25) is 0 Å². The van der Waals surface area contributed by atoms with E-state index in [4.69, 9.17) is 4.98 Å². The van der Waals surface area contributed by atoms with E-state index in [1.54, 1.807) is 0 Å². The van der Waals surface area contributed by atoms with Gasteiger partial charge in [0.25, 0.3) is 0 Å². The fraction of sp³-hybridized carbons (Fsp3) is 0.733. The zero-order valence-corrected chi connectivity index (χ0v) is 11.9. The van der Waals surface area contributed by atoms with Crippen molar-refractivity contribution in [2.75, 3.05) is 11.9 Å². The van der Waals surface area contributed by atoms with Crippen LogP contribution in [-0.4, -0.2) is 16.5 Å². The second kappa shape index (κ2) is 6.17. The third-order valence-corrected chi connectivity index (χ3v) is 3.61. The van der Waals surface area contributed by atoms with Gasteiger partial charge in [-0.25, -0.2) is 9.97 Å². The molecule has 0 aliphatic heterocycles. The van der Waals surface area contributed by atoms with E-state index in [1.807, 2.05) is 0 Å². The molecular formula is C15H25N3. The van der Waals surface area contributed by atoms with Gasteiger partial charge in [0, 0.05) is 30.1 Å². The van der Waals surface area contributed by atoms with E-state index in [0.717, 1.165) is 24.6 Å². The van der Waals surface area contributed by atoms with E-state index in [1.165, 1.54) is 31.4 Å². The molecule has 0 saturated heterocycles. The average molecular weight is 247 g/mol. The third-order valence-electron chi connectivity index (χ3n) is 3.61. The summed E-state index contributed by atoms with van der Waals surface area (Å²) in [5.74, 6) is 3.05. The first-order valence-corrected chi connectivity index (χ1v) is 7.33. The largest absolute Gasteiger partial charge is 0.370 e. The monoisotopic (exact) mass is 247 g/mol. The van der Waals surface area contributed by atoms with Crippen LogP contribution in [0.4, 0.5) is 5.82 Å². The molecule has 0 aromatic carbocycles. The zero-order valence-electron chi connectivity index (χ0n) is 11.9. The van der Waals surface area contributed by atoms with Crippen LogP contribution < -0.4 is 5.32 Å². The Hall–Kier alpha value is -1.12. The number of rotatable bonds is 5. The Morgan fingerprint density at radius 2 is 2.00 bits per heavy atom. The standard InChI is InChI=1S/C15H25N3/c1-4-9-16-14-10-13(12-7-5-6-8-12)17-15(18-14)11(2)3/h10-12H,4-9H2,1-3H3,(H,16,17,18). The first-order chi connectivity index (χ1) is 8.70. The predicted octanol–water partition coefficient (Wildman–Crippen LogP) is 4.08. The fourth-order valence-corrected chi connectivity index (χ4v) is 2.52. The first-order valence-electron chi connectivity index (χ1n) is 7.33. The van der Waals surface area contributed by atoms with E-state index < -0.39 is 0 Å². The van der Waals surface area contributed by atoms with Crippen LogP contribution in [0.1, 0.15) is 76.2 Å². The number of nitrogens with zero attached hydrogens (tertiary/aromatic N) is 2. The predicted molar refractivity (Wildman–Crippen MR) is 76.1 cm³/mol. The summed E-state index contributed by atoms with van der Waals surface area (Å²) in [4.78, 5) is 9.39. The van der Waals surface area contributed by atoms with Gasteiger partial charge in [-0.1, -0.05) is 33.6 Å². The minimum absolute atomic E-state index is 0.397. The van der Waals surface area contributed by atoms with Gasteiger partial charge < -0.3 is 5.32 Å². The fourth-order valence-electron chi connectivity index (χ4n) is 2.52. The molecule has 1 heterocycles. The molecule has 0 radical (unpaired) electrons. The normalized spacial score (nSPS) is 16.4. The minimum atomic E-state index is 0.397. The van der Waals surface area contributed by atoms with E-state index in [-0.39, 0.29) is 0 Å². The molecule has 1 aromatic heterocycles. The molecule has 1 N–H and O–H groups in total. The van der Waals surface area contributed by atoms with Crippen LogP contribution in [0.5, 0.6) is 0 Å². The van der Waals surface area contributed by atoms with Crippen molar-refractivity contribution in [2.45, 2.75) is 64.7 Å². The van der Waals surface area contributed by atoms with Gasteiger partial charge in [0.05, 0.1) is 0 Å². The number of nitrogens with one attached hydrogen (secondary N) is 1. The Morgan fingerprint density at radius 1 is 1.28 bits per heavy atom. The lowest BCUT2D eigenvalue weighted by molar-refractivity contribution is 0.669. The van der Waals surface area contributed by atoms with Crippen molar-refractivity contribution in [3.8, 4) is 0 Å². The Balaban J connectivity index is 2.23. The van der Waals surface area contributed by atoms with Crippen LogP contribution in [0.3, 0.4) is 0 Å². The number of aromatic nitrogens is 2. The Labute approximate surface area is 110 Å². The van der Waals surface area contributed by atoms with Crippen molar-refractivity contribution >= 4 is 5.82 Å². The summed E-state index contributed by atoms with van der Waals surface area (Å²) in [7, 11) is 0. The maximum absolute atomic E-state index is 4.77. The molecule has 1 aliphatic rings. The molecule has 3 heteroatoms. The minimum Gasteiger partial charge on any atom is -0.370 e. The molecular weight excluding hydrogens is 222 g/mol. The quantitative estimate of drug-likeness (QED) is 0.852. The topological polar surface area (TPSA) is 37.8 Å². The molecule has 0 amide bonds. The van der Waals surface area contributed by atoms with Crippen molar-refractivity contribution in [1.82, 2.24) is 9.97 Å². The molecule has 1 fully saturated rings. The van der Waals surface area contributed by atoms with Crippen LogP contribution in [-0.2, 0) is 0 Å². The summed E-state index contributed by atoms with van der Waals surface area (Å²) < 4.78 is 0. The SMILES string of the molecule is CCCNc1cc(C2CCCC2)nc(C(C)C)n1.